The lowest BCUT2D eigenvalue weighted by Gasteiger charge is -2.26. The van der Waals surface area contributed by atoms with E-state index in [4.69, 9.17) is 5.73 Å². The van der Waals surface area contributed by atoms with Crippen LogP contribution in [0.1, 0.15) is 12.8 Å². The van der Waals surface area contributed by atoms with Crippen LogP contribution in [0.3, 0.4) is 0 Å². The maximum atomic E-state index is 11.0. The Labute approximate surface area is 58.5 Å². The van der Waals surface area contributed by atoms with Gasteiger partial charge in [-0.15, -0.1) is 4.31 Å². The van der Waals surface area contributed by atoms with Crippen LogP contribution < -0.4 is 5.73 Å². The van der Waals surface area contributed by atoms with Crippen LogP contribution in [0.5, 0.6) is 0 Å². The zero-order chi connectivity index (χ0) is 6.69. The predicted molar refractivity (Wildman–Crippen MR) is 38.0 cm³/mol. The molecule has 0 aromatic carbocycles. The molecule has 1 saturated heterocycles. The summed E-state index contributed by atoms with van der Waals surface area (Å²) < 4.78 is 12.8. The second-order valence-electron chi connectivity index (χ2n) is 2.12. The van der Waals surface area contributed by atoms with Crippen molar-refractivity contribution in [3.05, 3.63) is 0 Å². The van der Waals surface area contributed by atoms with Crippen LogP contribution in [0.4, 0.5) is 0 Å². The molecule has 3 nitrogen and oxygen atoms in total. The fourth-order valence-electron chi connectivity index (χ4n) is 0.919. The molecule has 0 amide bonds. The molecule has 0 aromatic heterocycles. The lowest BCUT2D eigenvalue weighted by atomic mass is 10.3. The van der Waals surface area contributed by atoms with E-state index in [-0.39, 0.29) is 0 Å². The molecule has 54 valence electrons. The largest absolute Gasteiger partial charge is 0.598 e. The second kappa shape index (κ2) is 3.41. The van der Waals surface area contributed by atoms with Crippen molar-refractivity contribution in [2.45, 2.75) is 12.8 Å². The molecule has 0 radical (unpaired) electrons. The van der Waals surface area contributed by atoms with Crippen LogP contribution in [0, 0.1) is 0 Å². The molecule has 1 atom stereocenters. The Morgan fingerprint density at radius 1 is 1.56 bits per heavy atom. The van der Waals surface area contributed by atoms with Gasteiger partial charge < -0.3 is 10.3 Å². The Hall–Kier alpha value is 0.230. The lowest BCUT2D eigenvalue weighted by molar-refractivity contribution is 0.391. The summed E-state index contributed by atoms with van der Waals surface area (Å²) >= 11 is -0.770. The van der Waals surface area contributed by atoms with E-state index in [1.54, 1.807) is 0 Å². The first-order chi connectivity index (χ1) is 4.34. The first-order valence-electron chi connectivity index (χ1n) is 3.18. The van der Waals surface area contributed by atoms with Gasteiger partial charge in [-0.25, -0.2) is 0 Å². The van der Waals surface area contributed by atoms with E-state index in [0.29, 0.717) is 6.67 Å². The van der Waals surface area contributed by atoms with E-state index < -0.39 is 11.4 Å². The maximum absolute atomic E-state index is 11.0. The van der Waals surface area contributed by atoms with Crippen molar-refractivity contribution in [1.29, 1.82) is 0 Å². The Balaban J connectivity index is 2.30. The molecular formula is C5H12N2OS. The highest BCUT2D eigenvalue weighted by molar-refractivity contribution is 7.89. The minimum absolute atomic E-state index is 0.437. The third-order valence-electron chi connectivity index (χ3n) is 1.47. The van der Waals surface area contributed by atoms with Gasteiger partial charge in [0.25, 0.3) is 0 Å². The van der Waals surface area contributed by atoms with Crippen molar-refractivity contribution in [3.8, 4) is 0 Å². The standard InChI is InChI=1S/C5H12N2OS/c6-5-7-3-1-2-4-9(7)8/h1-6H2. The fraction of sp³-hybridized carbons (Fsp3) is 1.00. The van der Waals surface area contributed by atoms with Crippen LogP contribution in [-0.2, 0) is 11.4 Å². The molecule has 0 aliphatic carbocycles. The summed E-state index contributed by atoms with van der Waals surface area (Å²) in [6.45, 7) is 1.34. The third-order valence-corrected chi connectivity index (χ3v) is 3.01. The van der Waals surface area contributed by atoms with Gasteiger partial charge in [-0.2, -0.15) is 0 Å². The van der Waals surface area contributed by atoms with E-state index in [1.807, 2.05) is 4.31 Å². The minimum atomic E-state index is -0.770. The van der Waals surface area contributed by atoms with E-state index >= 15 is 0 Å². The van der Waals surface area contributed by atoms with Gasteiger partial charge in [0, 0.05) is 17.9 Å². The highest BCUT2D eigenvalue weighted by atomic mass is 32.2. The zero-order valence-electron chi connectivity index (χ0n) is 5.38. The molecule has 4 heteroatoms. The van der Waals surface area contributed by atoms with E-state index in [1.165, 1.54) is 0 Å². The molecule has 1 aliphatic rings. The first-order valence-corrected chi connectivity index (χ1v) is 4.45. The average Bonchev–Trinajstić information content (AvgIpc) is 1.89. The topological polar surface area (TPSA) is 52.3 Å². The van der Waals surface area contributed by atoms with Gasteiger partial charge >= 0.3 is 0 Å². The van der Waals surface area contributed by atoms with E-state index in [2.05, 4.69) is 0 Å². The molecule has 1 heterocycles. The van der Waals surface area contributed by atoms with Crippen LogP contribution in [0.2, 0.25) is 0 Å². The number of nitrogens with two attached hydrogens (primary N) is 1. The van der Waals surface area contributed by atoms with Crippen molar-refractivity contribution < 1.29 is 4.55 Å². The Morgan fingerprint density at radius 2 is 2.33 bits per heavy atom. The molecule has 1 fully saturated rings. The van der Waals surface area contributed by atoms with E-state index in [0.717, 1.165) is 25.1 Å². The molecule has 0 aromatic rings. The Kier molecular flexibility index (Phi) is 2.78. The summed E-state index contributed by atoms with van der Waals surface area (Å²) in [7, 11) is 0. The van der Waals surface area contributed by atoms with Crippen LogP contribution in [0.25, 0.3) is 0 Å². The Morgan fingerprint density at radius 3 is 2.78 bits per heavy atom. The van der Waals surface area contributed by atoms with Crippen molar-refractivity contribution >= 4 is 11.4 Å². The van der Waals surface area contributed by atoms with Gasteiger partial charge in [-0.05, 0) is 12.8 Å². The number of hydrogen-bond donors (Lipinski definition) is 1. The van der Waals surface area contributed by atoms with Crippen LogP contribution in [0.15, 0.2) is 0 Å². The summed E-state index contributed by atoms with van der Waals surface area (Å²) in [4.78, 5) is 0. The SMILES string of the molecule is NCN1CCCC[S+]1[O-]. The van der Waals surface area contributed by atoms with Gasteiger partial charge in [0.05, 0.1) is 6.67 Å². The second-order valence-corrected chi connectivity index (χ2v) is 3.69. The highest BCUT2D eigenvalue weighted by Crippen LogP contribution is 2.10. The average molecular weight is 148 g/mol. The summed E-state index contributed by atoms with van der Waals surface area (Å²) in [5.41, 5.74) is 5.33. The van der Waals surface area contributed by atoms with Gasteiger partial charge in [-0.3, -0.25) is 0 Å². The van der Waals surface area contributed by atoms with E-state index in [9.17, 15) is 4.55 Å². The molecule has 1 aliphatic heterocycles. The molecule has 9 heavy (non-hydrogen) atoms. The molecule has 0 bridgehead atoms. The van der Waals surface area contributed by atoms with Crippen molar-refractivity contribution in [3.63, 3.8) is 0 Å². The highest BCUT2D eigenvalue weighted by Gasteiger charge is 2.21. The monoisotopic (exact) mass is 148 g/mol. The number of nitrogens with zero attached hydrogens (tertiary/aromatic N) is 1. The van der Waals surface area contributed by atoms with Gasteiger partial charge in [0.1, 0.15) is 5.75 Å². The van der Waals surface area contributed by atoms with Crippen LogP contribution in [-0.4, -0.2) is 27.8 Å². The summed E-state index contributed by atoms with van der Waals surface area (Å²) in [5.74, 6) is 0.803. The van der Waals surface area contributed by atoms with Crippen molar-refractivity contribution in [2.75, 3.05) is 19.0 Å². The van der Waals surface area contributed by atoms with Crippen LogP contribution >= 0.6 is 0 Å². The first kappa shape index (κ1) is 7.34. The maximum Gasteiger partial charge on any atom is 0.125 e. The quantitative estimate of drug-likeness (QED) is 0.518. The minimum Gasteiger partial charge on any atom is -0.598 e. The molecule has 0 spiro atoms. The molecular weight excluding hydrogens is 136 g/mol. The molecule has 1 unspecified atom stereocenters. The van der Waals surface area contributed by atoms with Gasteiger partial charge in [-0.1, -0.05) is 0 Å². The summed E-state index contributed by atoms with van der Waals surface area (Å²) in [6, 6.07) is 0. The van der Waals surface area contributed by atoms with Crippen molar-refractivity contribution in [2.24, 2.45) is 5.73 Å². The normalized spacial score (nSPS) is 30.7. The van der Waals surface area contributed by atoms with Gasteiger partial charge in [0.15, 0.2) is 0 Å². The number of hydrogen-bond acceptors (Lipinski definition) is 3. The Bertz CT molecular complexity index is 91.0. The third kappa shape index (κ3) is 1.82. The summed E-state index contributed by atoms with van der Waals surface area (Å²) in [6.07, 6.45) is 2.23. The smallest absolute Gasteiger partial charge is 0.125 e. The number of rotatable bonds is 1. The molecule has 0 saturated carbocycles. The summed E-state index contributed by atoms with van der Waals surface area (Å²) in [5, 5.41) is 0. The lowest BCUT2D eigenvalue weighted by Crippen LogP contribution is -2.41. The predicted octanol–water partition coefficient (Wildman–Crippen LogP) is -0.338. The van der Waals surface area contributed by atoms with Crippen molar-refractivity contribution in [1.82, 2.24) is 4.31 Å². The fourth-order valence-corrected chi connectivity index (χ4v) is 2.13. The van der Waals surface area contributed by atoms with Gasteiger partial charge in [0.2, 0.25) is 0 Å². The molecule has 2 N–H and O–H groups in total. The molecule has 1 rings (SSSR count). The zero-order valence-corrected chi connectivity index (χ0v) is 6.19.